The van der Waals surface area contributed by atoms with Crippen molar-refractivity contribution in [3.8, 4) is 0 Å². The third kappa shape index (κ3) is 7.12. The number of anilines is 2. The zero-order valence-corrected chi connectivity index (χ0v) is 24.0. The zero-order chi connectivity index (χ0) is 29.7. The Balaban J connectivity index is 1.68. The molecule has 218 valence electrons. The Kier molecular flexibility index (Phi) is 9.11. The summed E-state index contributed by atoms with van der Waals surface area (Å²) < 4.78 is 48.5. The average Bonchev–Trinajstić information content (AvgIpc) is 3.17. The Morgan fingerprint density at radius 2 is 1.78 bits per heavy atom. The van der Waals surface area contributed by atoms with Crippen LogP contribution in [0.1, 0.15) is 31.4 Å². The first-order valence-corrected chi connectivity index (χ1v) is 15.0. The summed E-state index contributed by atoms with van der Waals surface area (Å²) in [6, 6.07) is 15.0. The fraction of sp³-hybridized carbons (Fsp3) is 0.345. The van der Waals surface area contributed by atoms with Gasteiger partial charge in [0.2, 0.25) is 10.0 Å². The Morgan fingerprint density at radius 3 is 2.46 bits per heavy atom. The first-order chi connectivity index (χ1) is 19.5. The molecule has 0 aromatic heterocycles. The molecule has 0 aliphatic carbocycles. The van der Waals surface area contributed by atoms with Gasteiger partial charge in [0.1, 0.15) is 11.7 Å². The highest BCUT2D eigenvalue weighted by atomic mass is 32.2. The van der Waals surface area contributed by atoms with Gasteiger partial charge in [-0.05, 0) is 60.9 Å². The number of carbonyl (C=O) groups is 1. The van der Waals surface area contributed by atoms with Crippen molar-refractivity contribution in [1.82, 2.24) is 4.90 Å². The van der Waals surface area contributed by atoms with E-state index >= 15 is 4.39 Å². The quantitative estimate of drug-likeness (QED) is 0.198. The van der Waals surface area contributed by atoms with Gasteiger partial charge >= 0.3 is 5.97 Å². The summed E-state index contributed by atoms with van der Waals surface area (Å²) in [6.07, 6.45) is 0.755. The molecule has 12 heteroatoms. The van der Waals surface area contributed by atoms with Crippen LogP contribution in [-0.2, 0) is 26.1 Å². The Bertz CT molecular complexity index is 1580. The SMILES string of the molecule is CCOC(=O)CS(=O)(=O)N(Cc1ccc2ccc(C(=N)N)cc2c1)c1ccc(N2CCCN(C(C)=N)CC2)c(F)c1. The molecule has 0 bridgehead atoms. The molecule has 1 heterocycles. The van der Waals surface area contributed by atoms with E-state index in [4.69, 9.17) is 21.3 Å². The molecule has 1 fully saturated rings. The van der Waals surface area contributed by atoms with Gasteiger partial charge in [0.25, 0.3) is 0 Å². The van der Waals surface area contributed by atoms with Crippen LogP contribution in [0.2, 0.25) is 0 Å². The van der Waals surface area contributed by atoms with Gasteiger partial charge in [0, 0.05) is 37.8 Å². The number of hydrogen-bond acceptors (Lipinski definition) is 7. The molecule has 10 nitrogen and oxygen atoms in total. The molecule has 4 N–H and O–H groups in total. The van der Waals surface area contributed by atoms with E-state index in [1.54, 1.807) is 50.2 Å². The molecule has 4 rings (SSSR count). The molecule has 0 unspecified atom stereocenters. The number of hydrogen-bond donors (Lipinski definition) is 3. The number of amidine groups is 2. The third-order valence-electron chi connectivity index (χ3n) is 7.01. The minimum atomic E-state index is -4.25. The van der Waals surface area contributed by atoms with Gasteiger partial charge in [-0.3, -0.25) is 19.9 Å². The van der Waals surface area contributed by atoms with Crippen LogP contribution in [0.4, 0.5) is 15.8 Å². The van der Waals surface area contributed by atoms with E-state index in [-0.39, 0.29) is 24.7 Å². The summed E-state index contributed by atoms with van der Waals surface area (Å²) in [5.41, 5.74) is 7.21. The van der Waals surface area contributed by atoms with Crippen LogP contribution in [0.15, 0.2) is 54.6 Å². The number of halogens is 1. The van der Waals surface area contributed by atoms with E-state index in [0.29, 0.717) is 48.8 Å². The monoisotopic (exact) mass is 582 g/mol. The first kappa shape index (κ1) is 29.8. The molecular weight excluding hydrogens is 547 g/mol. The Labute approximate surface area is 239 Å². The van der Waals surface area contributed by atoms with Crippen LogP contribution < -0.4 is 14.9 Å². The maximum Gasteiger partial charge on any atom is 0.323 e. The van der Waals surface area contributed by atoms with E-state index in [1.807, 2.05) is 21.9 Å². The van der Waals surface area contributed by atoms with Crippen molar-refractivity contribution >= 4 is 49.8 Å². The van der Waals surface area contributed by atoms with E-state index in [0.717, 1.165) is 21.5 Å². The normalized spacial score (nSPS) is 14.0. The fourth-order valence-electron chi connectivity index (χ4n) is 4.91. The first-order valence-electron chi connectivity index (χ1n) is 13.4. The second-order valence-electron chi connectivity index (χ2n) is 9.93. The van der Waals surface area contributed by atoms with Crippen molar-refractivity contribution in [3.63, 3.8) is 0 Å². The number of nitrogen functional groups attached to an aromatic ring is 1. The van der Waals surface area contributed by atoms with E-state index < -0.39 is 27.6 Å². The predicted octanol–water partition coefficient (Wildman–Crippen LogP) is 3.67. The van der Waals surface area contributed by atoms with E-state index in [2.05, 4.69) is 0 Å². The molecule has 1 aliphatic heterocycles. The van der Waals surface area contributed by atoms with Crippen molar-refractivity contribution in [2.75, 3.05) is 47.7 Å². The Hall–Kier alpha value is -4.19. The number of nitrogens with two attached hydrogens (primary N) is 1. The van der Waals surface area contributed by atoms with Crippen LogP contribution in [0.3, 0.4) is 0 Å². The van der Waals surface area contributed by atoms with Crippen LogP contribution in [0.25, 0.3) is 10.8 Å². The number of nitrogens with one attached hydrogen (secondary N) is 2. The molecule has 1 saturated heterocycles. The van der Waals surface area contributed by atoms with Gasteiger partial charge in [0.15, 0.2) is 5.75 Å². The van der Waals surface area contributed by atoms with Gasteiger partial charge in [-0.15, -0.1) is 0 Å². The summed E-state index contributed by atoms with van der Waals surface area (Å²) in [4.78, 5) is 16.0. The lowest BCUT2D eigenvalue weighted by atomic mass is 10.0. The smallest absolute Gasteiger partial charge is 0.323 e. The van der Waals surface area contributed by atoms with Crippen LogP contribution in [0, 0.1) is 16.6 Å². The number of nitrogens with zero attached hydrogens (tertiary/aromatic N) is 3. The van der Waals surface area contributed by atoms with Gasteiger partial charge in [0.05, 0.1) is 30.4 Å². The second-order valence-corrected chi connectivity index (χ2v) is 11.8. The highest BCUT2D eigenvalue weighted by molar-refractivity contribution is 7.93. The lowest BCUT2D eigenvalue weighted by molar-refractivity contribution is -0.139. The van der Waals surface area contributed by atoms with Crippen LogP contribution in [0.5, 0.6) is 0 Å². The second kappa shape index (κ2) is 12.5. The summed E-state index contributed by atoms with van der Waals surface area (Å²) in [5, 5.41) is 17.3. The van der Waals surface area contributed by atoms with Crippen molar-refractivity contribution in [3.05, 3.63) is 71.5 Å². The standard InChI is InChI=1S/C29H35FN6O4S/c1-3-40-28(37)19-41(38,39)36(18-21-5-6-22-7-8-23(29(32)33)16-24(22)15-21)25-9-10-27(26(30)17-25)35-12-4-11-34(13-14-35)20(2)31/h5-10,15-17,31H,3-4,11-14,18-19H2,1-2H3,(H3,32,33). The number of rotatable bonds is 9. The van der Waals surface area contributed by atoms with Gasteiger partial charge < -0.3 is 20.3 Å². The molecule has 0 atom stereocenters. The number of fused-ring (bicyclic) bond motifs is 1. The van der Waals surface area contributed by atoms with Crippen molar-refractivity contribution in [2.24, 2.45) is 5.73 Å². The van der Waals surface area contributed by atoms with Gasteiger partial charge in [-0.2, -0.15) is 0 Å². The molecule has 1 aliphatic rings. The van der Waals surface area contributed by atoms with Gasteiger partial charge in [-0.1, -0.05) is 24.3 Å². The van der Waals surface area contributed by atoms with Crippen LogP contribution >= 0.6 is 0 Å². The van der Waals surface area contributed by atoms with Crippen molar-refractivity contribution in [2.45, 2.75) is 26.8 Å². The molecule has 0 spiro atoms. The number of ether oxygens (including phenoxy) is 1. The van der Waals surface area contributed by atoms with Crippen LogP contribution in [-0.4, -0.2) is 69.5 Å². The summed E-state index contributed by atoms with van der Waals surface area (Å²) in [5.74, 6) is -1.98. The predicted molar refractivity (Wildman–Crippen MR) is 160 cm³/mol. The number of sulfonamides is 1. The number of benzene rings is 3. The maximum absolute atomic E-state index is 15.6. The lowest BCUT2D eigenvalue weighted by Gasteiger charge is -2.27. The summed E-state index contributed by atoms with van der Waals surface area (Å²) in [6.45, 7) is 5.62. The number of esters is 1. The molecule has 41 heavy (non-hydrogen) atoms. The van der Waals surface area contributed by atoms with Crippen molar-refractivity contribution in [1.29, 1.82) is 10.8 Å². The molecule has 3 aromatic carbocycles. The average molecular weight is 583 g/mol. The highest BCUT2D eigenvalue weighted by Crippen LogP contribution is 2.30. The molecular formula is C29H35FN6O4S. The topological polar surface area (TPSA) is 144 Å². The summed E-state index contributed by atoms with van der Waals surface area (Å²) >= 11 is 0. The van der Waals surface area contributed by atoms with Gasteiger partial charge in [-0.25, -0.2) is 12.8 Å². The molecule has 0 amide bonds. The minimum Gasteiger partial charge on any atom is -0.465 e. The molecule has 0 radical (unpaired) electrons. The highest BCUT2D eigenvalue weighted by Gasteiger charge is 2.28. The molecule has 0 saturated carbocycles. The lowest BCUT2D eigenvalue weighted by Crippen LogP contribution is -2.36. The maximum atomic E-state index is 15.6. The summed E-state index contributed by atoms with van der Waals surface area (Å²) in [7, 11) is -4.25. The third-order valence-corrected chi connectivity index (χ3v) is 8.63. The largest absolute Gasteiger partial charge is 0.465 e. The van der Waals surface area contributed by atoms with E-state index in [9.17, 15) is 13.2 Å². The van der Waals surface area contributed by atoms with E-state index in [1.165, 1.54) is 6.07 Å². The molecule has 3 aromatic rings. The zero-order valence-electron chi connectivity index (χ0n) is 23.2. The fourth-order valence-corrected chi connectivity index (χ4v) is 6.23. The minimum absolute atomic E-state index is 0.0333. The van der Waals surface area contributed by atoms with Crippen molar-refractivity contribution < 1.29 is 22.3 Å². The number of carbonyl (C=O) groups excluding carboxylic acids is 1. The Morgan fingerprint density at radius 1 is 1.02 bits per heavy atom.